The number of hydrogen-bond donors (Lipinski definition) is 0. The van der Waals surface area contributed by atoms with Crippen molar-refractivity contribution in [1.29, 1.82) is 0 Å². The monoisotopic (exact) mass is 436 g/mol. The summed E-state index contributed by atoms with van der Waals surface area (Å²) in [6.45, 7) is 13.2. The molecule has 0 fully saturated rings. The fraction of sp³-hybridized carbons (Fsp3) is 0.226. The van der Waals surface area contributed by atoms with Gasteiger partial charge >= 0.3 is 0 Å². The molecule has 0 spiro atoms. The first kappa shape index (κ1) is 22.3. The van der Waals surface area contributed by atoms with Gasteiger partial charge in [-0.1, -0.05) is 86.7 Å². The normalized spacial score (nSPS) is 13.3. The van der Waals surface area contributed by atoms with Gasteiger partial charge in [-0.3, -0.25) is 0 Å². The molecule has 0 aliphatic rings. The first-order valence-electron chi connectivity index (χ1n) is 11.5. The summed E-state index contributed by atoms with van der Waals surface area (Å²) in [6, 6.07) is 22.4. The van der Waals surface area contributed by atoms with E-state index in [0.29, 0.717) is 5.92 Å². The molecule has 0 aliphatic heterocycles. The lowest BCUT2D eigenvalue weighted by Gasteiger charge is -2.13. The maximum absolute atomic E-state index is 4.29. The van der Waals surface area contributed by atoms with Crippen LogP contribution in [0, 0.1) is 6.92 Å². The van der Waals surface area contributed by atoms with Gasteiger partial charge in [-0.2, -0.15) is 0 Å². The zero-order chi connectivity index (χ0) is 22.7. The van der Waals surface area contributed by atoms with Crippen LogP contribution >= 0.6 is 11.3 Å². The van der Waals surface area contributed by atoms with Crippen molar-refractivity contribution >= 4 is 37.1 Å². The molecule has 4 rings (SSSR count). The largest absolute Gasteiger partial charge is 0.135 e. The van der Waals surface area contributed by atoms with Gasteiger partial charge in [0.2, 0.25) is 0 Å². The highest BCUT2D eigenvalue weighted by molar-refractivity contribution is 7.25. The smallest absolute Gasteiger partial charge is 0.0355 e. The van der Waals surface area contributed by atoms with Crippen LogP contribution in [-0.4, -0.2) is 0 Å². The topological polar surface area (TPSA) is 0 Å². The van der Waals surface area contributed by atoms with E-state index in [9.17, 15) is 0 Å². The van der Waals surface area contributed by atoms with Crippen molar-refractivity contribution < 1.29 is 0 Å². The Hall–Kier alpha value is -2.90. The molecule has 0 saturated carbocycles. The Labute approximate surface area is 196 Å². The van der Waals surface area contributed by atoms with E-state index in [0.717, 1.165) is 12.0 Å². The summed E-state index contributed by atoms with van der Waals surface area (Å²) in [5.41, 5.74) is 7.83. The molecule has 1 heterocycles. The van der Waals surface area contributed by atoms with Gasteiger partial charge in [-0.25, -0.2) is 0 Å². The van der Waals surface area contributed by atoms with Crippen LogP contribution in [0.3, 0.4) is 0 Å². The van der Waals surface area contributed by atoms with Gasteiger partial charge in [0, 0.05) is 20.2 Å². The average molecular weight is 437 g/mol. The molecule has 0 aliphatic carbocycles. The SMILES string of the molecule is C=C(/C=C\C=C(/C)c1ccc2sc3ccccc3c2c1)Cc1ccc(C(C)CC)cc1C. The lowest BCUT2D eigenvalue weighted by atomic mass is 9.93. The van der Waals surface area contributed by atoms with Gasteiger partial charge in [-0.05, 0) is 78.6 Å². The summed E-state index contributed by atoms with van der Waals surface area (Å²) < 4.78 is 2.70. The Bertz CT molecular complexity index is 1330. The van der Waals surface area contributed by atoms with E-state index in [1.54, 1.807) is 0 Å². The van der Waals surface area contributed by atoms with Crippen molar-refractivity contribution in [2.45, 2.75) is 46.5 Å². The maximum atomic E-state index is 4.29. The van der Waals surface area contributed by atoms with E-state index in [-0.39, 0.29) is 0 Å². The van der Waals surface area contributed by atoms with Crippen molar-refractivity contribution in [3.8, 4) is 0 Å². The van der Waals surface area contributed by atoms with Crippen LogP contribution in [0.5, 0.6) is 0 Å². The molecule has 162 valence electrons. The van der Waals surface area contributed by atoms with Gasteiger partial charge in [0.15, 0.2) is 0 Å². The fourth-order valence-electron chi connectivity index (χ4n) is 4.16. The standard InChI is InChI=1S/C31H32S/c1-6-22(3)26-15-14-25(24(5)19-26)18-21(2)10-9-11-23(4)27-16-17-31-29(20-27)28-12-7-8-13-30(28)32-31/h7-17,19-20,22H,2,6,18H2,1,3-5H3/b10-9-,23-11+. The third-order valence-electron chi connectivity index (χ3n) is 6.48. The minimum Gasteiger partial charge on any atom is -0.135 e. The first-order chi connectivity index (χ1) is 15.5. The average Bonchev–Trinajstić information content (AvgIpc) is 3.17. The van der Waals surface area contributed by atoms with Gasteiger partial charge in [0.1, 0.15) is 0 Å². The number of rotatable bonds is 7. The molecule has 1 heteroatoms. The summed E-state index contributed by atoms with van der Waals surface area (Å²) in [4.78, 5) is 0. The summed E-state index contributed by atoms with van der Waals surface area (Å²) in [6.07, 6.45) is 8.54. The molecule has 1 unspecified atom stereocenters. The van der Waals surface area contributed by atoms with Gasteiger partial charge in [-0.15, -0.1) is 11.3 Å². The molecule has 0 N–H and O–H groups in total. The minimum absolute atomic E-state index is 0.616. The molecule has 3 aromatic carbocycles. The summed E-state index contributed by atoms with van der Waals surface area (Å²) >= 11 is 1.86. The number of hydrogen-bond acceptors (Lipinski definition) is 1. The Balaban J connectivity index is 1.47. The molecule has 0 amide bonds. The van der Waals surface area contributed by atoms with Gasteiger partial charge in [0.25, 0.3) is 0 Å². The molecular weight excluding hydrogens is 404 g/mol. The Morgan fingerprint density at radius 2 is 1.78 bits per heavy atom. The minimum atomic E-state index is 0.616. The number of benzene rings is 3. The maximum Gasteiger partial charge on any atom is 0.0355 e. The van der Waals surface area contributed by atoms with E-state index in [4.69, 9.17) is 0 Å². The second kappa shape index (κ2) is 9.71. The predicted molar refractivity (Wildman–Crippen MR) is 145 cm³/mol. The molecule has 0 saturated heterocycles. The zero-order valence-corrected chi connectivity index (χ0v) is 20.4. The molecule has 32 heavy (non-hydrogen) atoms. The van der Waals surface area contributed by atoms with E-state index in [2.05, 4.69) is 113 Å². The van der Waals surface area contributed by atoms with Crippen molar-refractivity contribution in [3.63, 3.8) is 0 Å². The zero-order valence-electron chi connectivity index (χ0n) is 19.6. The Kier molecular flexibility index (Phi) is 6.77. The predicted octanol–water partition coefficient (Wildman–Crippen LogP) is 9.63. The summed E-state index contributed by atoms with van der Waals surface area (Å²) in [5.74, 6) is 0.616. The lowest BCUT2D eigenvalue weighted by molar-refractivity contribution is 0.732. The van der Waals surface area contributed by atoms with Gasteiger partial charge < -0.3 is 0 Å². The van der Waals surface area contributed by atoms with Crippen LogP contribution in [0.15, 0.2) is 91.0 Å². The van der Waals surface area contributed by atoms with Crippen LogP contribution in [0.1, 0.15) is 55.4 Å². The third-order valence-corrected chi connectivity index (χ3v) is 7.63. The van der Waals surface area contributed by atoms with Crippen LogP contribution in [-0.2, 0) is 6.42 Å². The second-order valence-corrected chi connectivity index (χ2v) is 9.93. The Morgan fingerprint density at radius 3 is 2.56 bits per heavy atom. The third kappa shape index (κ3) is 4.79. The Morgan fingerprint density at radius 1 is 1.00 bits per heavy atom. The highest BCUT2D eigenvalue weighted by atomic mass is 32.1. The molecule has 1 atom stereocenters. The highest BCUT2D eigenvalue weighted by Crippen LogP contribution is 2.35. The first-order valence-corrected chi connectivity index (χ1v) is 12.3. The molecule has 0 bridgehead atoms. The summed E-state index contributed by atoms with van der Waals surface area (Å²) in [7, 11) is 0. The van der Waals surface area contributed by atoms with Crippen molar-refractivity contribution in [1.82, 2.24) is 0 Å². The van der Waals surface area contributed by atoms with Crippen LogP contribution in [0.2, 0.25) is 0 Å². The van der Waals surface area contributed by atoms with Crippen LogP contribution in [0.4, 0.5) is 0 Å². The van der Waals surface area contributed by atoms with Crippen LogP contribution in [0.25, 0.3) is 25.7 Å². The molecule has 0 radical (unpaired) electrons. The molecule has 1 aromatic heterocycles. The second-order valence-electron chi connectivity index (χ2n) is 8.85. The van der Waals surface area contributed by atoms with Crippen LogP contribution < -0.4 is 0 Å². The van der Waals surface area contributed by atoms with E-state index in [1.807, 2.05) is 11.3 Å². The summed E-state index contributed by atoms with van der Waals surface area (Å²) in [5, 5.41) is 2.70. The van der Waals surface area contributed by atoms with Gasteiger partial charge in [0.05, 0.1) is 0 Å². The number of thiophene rings is 1. The molecule has 0 nitrogen and oxygen atoms in total. The molecular formula is C31H32S. The molecule has 4 aromatic rings. The quantitative estimate of drug-likeness (QED) is 0.253. The number of fused-ring (bicyclic) bond motifs is 3. The number of allylic oxidation sites excluding steroid dienone is 5. The van der Waals surface area contributed by atoms with E-state index < -0.39 is 0 Å². The van der Waals surface area contributed by atoms with Crippen molar-refractivity contribution in [2.75, 3.05) is 0 Å². The van der Waals surface area contributed by atoms with E-state index in [1.165, 1.54) is 54.4 Å². The highest BCUT2D eigenvalue weighted by Gasteiger charge is 2.07. The van der Waals surface area contributed by atoms with E-state index >= 15 is 0 Å². The lowest BCUT2D eigenvalue weighted by Crippen LogP contribution is -1.96. The fourth-order valence-corrected chi connectivity index (χ4v) is 5.25. The van der Waals surface area contributed by atoms with Crippen molar-refractivity contribution in [3.05, 3.63) is 113 Å². The number of aryl methyl sites for hydroxylation is 1. The van der Waals surface area contributed by atoms with Crippen molar-refractivity contribution in [2.24, 2.45) is 0 Å².